The Labute approximate surface area is 128 Å². The molecule has 2 aromatic rings. The van der Waals surface area contributed by atoms with Gasteiger partial charge in [0.25, 0.3) is 0 Å². The van der Waals surface area contributed by atoms with Crippen LogP contribution in [0, 0.1) is 0 Å². The molecule has 100 valence electrons. The maximum Gasteiger partial charge on any atom is 0.124 e. The van der Waals surface area contributed by atoms with Gasteiger partial charge in [-0.15, -0.1) is 11.6 Å². The summed E-state index contributed by atoms with van der Waals surface area (Å²) in [5.41, 5.74) is 1.81. The highest BCUT2D eigenvalue weighted by Gasteiger charge is 2.16. The number of rotatable bonds is 4. The molecule has 0 aliphatic carbocycles. The second-order valence-electron chi connectivity index (χ2n) is 4.01. The van der Waals surface area contributed by atoms with Gasteiger partial charge in [0.1, 0.15) is 5.75 Å². The van der Waals surface area contributed by atoms with E-state index in [4.69, 9.17) is 39.5 Å². The van der Waals surface area contributed by atoms with Gasteiger partial charge in [-0.05, 0) is 30.7 Å². The van der Waals surface area contributed by atoms with Gasteiger partial charge < -0.3 is 4.74 Å². The molecule has 0 heterocycles. The van der Waals surface area contributed by atoms with Crippen LogP contribution < -0.4 is 4.74 Å². The molecule has 1 atom stereocenters. The van der Waals surface area contributed by atoms with Crippen molar-refractivity contribution in [1.29, 1.82) is 0 Å². The molecular weight excluding hydrogens is 303 g/mol. The first-order chi connectivity index (χ1) is 9.13. The third-order valence-electron chi connectivity index (χ3n) is 2.73. The molecule has 0 saturated carbocycles. The van der Waals surface area contributed by atoms with Crippen LogP contribution in [-0.4, -0.2) is 6.61 Å². The van der Waals surface area contributed by atoms with Crippen molar-refractivity contribution in [3.63, 3.8) is 0 Å². The molecule has 0 amide bonds. The zero-order valence-electron chi connectivity index (χ0n) is 10.4. The van der Waals surface area contributed by atoms with Crippen molar-refractivity contribution < 1.29 is 4.74 Å². The van der Waals surface area contributed by atoms with Crippen LogP contribution in [0.3, 0.4) is 0 Å². The zero-order valence-corrected chi connectivity index (χ0v) is 12.6. The number of hydrogen-bond donors (Lipinski definition) is 0. The molecule has 0 aliphatic heterocycles. The summed E-state index contributed by atoms with van der Waals surface area (Å²) in [5, 5.41) is 0.698. The Morgan fingerprint density at radius 3 is 2.47 bits per heavy atom. The quantitative estimate of drug-likeness (QED) is 0.656. The monoisotopic (exact) mass is 314 g/mol. The summed E-state index contributed by atoms with van der Waals surface area (Å²) in [7, 11) is 0. The van der Waals surface area contributed by atoms with E-state index >= 15 is 0 Å². The molecule has 2 aromatic carbocycles. The van der Waals surface area contributed by atoms with Gasteiger partial charge >= 0.3 is 0 Å². The van der Waals surface area contributed by atoms with E-state index in [0.29, 0.717) is 16.7 Å². The SMILES string of the molecule is CCOc1ccccc1C(Cl)c1ccc(Cl)c(Cl)c1. The Kier molecular flexibility index (Phi) is 4.98. The van der Waals surface area contributed by atoms with Crippen LogP contribution in [0.25, 0.3) is 0 Å². The highest BCUT2D eigenvalue weighted by molar-refractivity contribution is 6.42. The average molecular weight is 316 g/mol. The topological polar surface area (TPSA) is 9.23 Å². The molecule has 0 bridgehead atoms. The first-order valence-electron chi connectivity index (χ1n) is 5.94. The van der Waals surface area contributed by atoms with E-state index in [-0.39, 0.29) is 5.38 Å². The summed E-state index contributed by atoms with van der Waals surface area (Å²) in [5.74, 6) is 0.788. The van der Waals surface area contributed by atoms with E-state index in [0.717, 1.165) is 16.9 Å². The summed E-state index contributed by atoms with van der Waals surface area (Å²) in [4.78, 5) is 0. The molecule has 0 saturated heterocycles. The lowest BCUT2D eigenvalue weighted by atomic mass is 10.0. The van der Waals surface area contributed by atoms with E-state index in [9.17, 15) is 0 Å². The lowest BCUT2D eigenvalue weighted by Gasteiger charge is -2.15. The van der Waals surface area contributed by atoms with Gasteiger partial charge in [0.15, 0.2) is 0 Å². The summed E-state index contributed by atoms with van der Waals surface area (Å²) in [6.45, 7) is 2.54. The van der Waals surface area contributed by atoms with E-state index in [2.05, 4.69) is 0 Å². The molecular formula is C15H13Cl3O. The number of hydrogen-bond acceptors (Lipinski definition) is 1. The summed E-state index contributed by atoms with van der Waals surface area (Å²) >= 11 is 18.5. The van der Waals surface area contributed by atoms with Crippen LogP contribution in [0.1, 0.15) is 23.4 Å². The molecule has 0 N–H and O–H groups in total. The fourth-order valence-electron chi connectivity index (χ4n) is 1.83. The number of halogens is 3. The molecule has 1 unspecified atom stereocenters. The van der Waals surface area contributed by atoms with Crippen molar-refractivity contribution >= 4 is 34.8 Å². The molecule has 2 rings (SSSR count). The second-order valence-corrected chi connectivity index (χ2v) is 5.26. The van der Waals surface area contributed by atoms with Gasteiger partial charge in [-0.2, -0.15) is 0 Å². The minimum absolute atomic E-state index is 0.322. The summed E-state index contributed by atoms with van der Waals surface area (Å²) in [6.07, 6.45) is 0. The predicted molar refractivity (Wildman–Crippen MR) is 81.8 cm³/mol. The van der Waals surface area contributed by atoms with Crippen LogP contribution in [0.5, 0.6) is 5.75 Å². The first kappa shape index (κ1) is 14.5. The average Bonchev–Trinajstić information content (AvgIpc) is 2.42. The van der Waals surface area contributed by atoms with E-state index < -0.39 is 0 Å². The zero-order chi connectivity index (χ0) is 13.8. The van der Waals surface area contributed by atoms with Crippen molar-refractivity contribution in [2.45, 2.75) is 12.3 Å². The second kappa shape index (κ2) is 6.51. The van der Waals surface area contributed by atoms with Crippen molar-refractivity contribution in [2.75, 3.05) is 6.61 Å². The molecule has 19 heavy (non-hydrogen) atoms. The Morgan fingerprint density at radius 1 is 1.05 bits per heavy atom. The van der Waals surface area contributed by atoms with Crippen molar-refractivity contribution in [3.05, 3.63) is 63.6 Å². The Morgan fingerprint density at radius 2 is 1.79 bits per heavy atom. The van der Waals surface area contributed by atoms with Crippen LogP contribution in [0.4, 0.5) is 0 Å². The summed E-state index contributed by atoms with van der Waals surface area (Å²) < 4.78 is 5.59. The molecule has 0 spiro atoms. The van der Waals surface area contributed by atoms with Crippen LogP contribution in [0.15, 0.2) is 42.5 Å². The summed E-state index contributed by atoms with van der Waals surface area (Å²) in [6, 6.07) is 13.1. The molecule has 0 radical (unpaired) electrons. The van der Waals surface area contributed by atoms with Gasteiger partial charge in [0.05, 0.1) is 22.0 Å². The minimum Gasteiger partial charge on any atom is -0.494 e. The maximum absolute atomic E-state index is 6.52. The van der Waals surface area contributed by atoms with Crippen LogP contribution >= 0.6 is 34.8 Å². The largest absolute Gasteiger partial charge is 0.494 e. The fraction of sp³-hybridized carbons (Fsp3) is 0.200. The van der Waals surface area contributed by atoms with Gasteiger partial charge in [-0.3, -0.25) is 0 Å². The lowest BCUT2D eigenvalue weighted by molar-refractivity contribution is 0.337. The normalized spacial score (nSPS) is 12.2. The molecule has 0 aliphatic rings. The van der Waals surface area contributed by atoms with Crippen molar-refractivity contribution in [3.8, 4) is 5.75 Å². The van der Waals surface area contributed by atoms with Gasteiger partial charge in [-0.1, -0.05) is 47.5 Å². The lowest BCUT2D eigenvalue weighted by Crippen LogP contribution is -2.00. The van der Waals surface area contributed by atoms with Gasteiger partial charge in [0, 0.05) is 5.56 Å². The fourth-order valence-corrected chi connectivity index (χ4v) is 2.45. The minimum atomic E-state index is -0.322. The Balaban J connectivity index is 2.37. The van der Waals surface area contributed by atoms with E-state index in [1.54, 1.807) is 12.1 Å². The van der Waals surface area contributed by atoms with Crippen LogP contribution in [0.2, 0.25) is 10.0 Å². The van der Waals surface area contributed by atoms with E-state index in [1.165, 1.54) is 0 Å². The number of alkyl halides is 1. The standard InChI is InChI=1S/C15H13Cl3O/c1-2-19-14-6-4-3-5-11(14)15(18)10-7-8-12(16)13(17)9-10/h3-9,15H,2H2,1H3. The third-order valence-corrected chi connectivity index (χ3v) is 3.95. The Bertz CT molecular complexity index is 569. The first-order valence-corrected chi connectivity index (χ1v) is 7.13. The van der Waals surface area contributed by atoms with Crippen molar-refractivity contribution in [2.24, 2.45) is 0 Å². The van der Waals surface area contributed by atoms with E-state index in [1.807, 2.05) is 37.3 Å². The van der Waals surface area contributed by atoms with Crippen LogP contribution in [-0.2, 0) is 0 Å². The molecule has 0 aromatic heterocycles. The number of ether oxygens (including phenoxy) is 1. The molecule has 0 fully saturated rings. The van der Waals surface area contributed by atoms with Gasteiger partial charge in [-0.25, -0.2) is 0 Å². The number of para-hydroxylation sites is 1. The smallest absolute Gasteiger partial charge is 0.124 e. The molecule has 1 nitrogen and oxygen atoms in total. The third kappa shape index (κ3) is 3.36. The Hall–Kier alpha value is -0.890. The highest BCUT2D eigenvalue weighted by Crippen LogP contribution is 2.37. The highest BCUT2D eigenvalue weighted by atomic mass is 35.5. The maximum atomic E-state index is 6.52. The predicted octanol–water partition coefficient (Wildman–Crippen LogP) is 5.72. The van der Waals surface area contributed by atoms with Gasteiger partial charge in [0.2, 0.25) is 0 Å². The van der Waals surface area contributed by atoms with Crippen molar-refractivity contribution in [1.82, 2.24) is 0 Å². The molecule has 4 heteroatoms. The number of benzene rings is 2.